The number of ether oxygens (including phenoxy) is 2. The number of unbranched alkanes of at least 4 members (excludes halogenated alkanes) is 30. The summed E-state index contributed by atoms with van der Waals surface area (Å²) in [5.74, 6) is -0.477. The Morgan fingerprint density at radius 2 is 0.862 bits per heavy atom. The van der Waals surface area contributed by atoms with E-state index in [0.29, 0.717) is 13.0 Å². The van der Waals surface area contributed by atoms with Gasteiger partial charge in [0.1, 0.15) is 42.7 Å². The second-order valence-electron chi connectivity index (χ2n) is 18.7. The van der Waals surface area contributed by atoms with E-state index in [0.717, 1.165) is 51.4 Å². The predicted octanol–water partition coefficient (Wildman–Crippen LogP) is 12.0. The fraction of sp³-hybridized carbons (Fsp3) is 0.904. The summed E-state index contributed by atoms with van der Waals surface area (Å²) < 4.78 is 34.3. The molecule has 1 rings (SSSR count). The van der Waals surface area contributed by atoms with E-state index in [2.05, 4.69) is 38.2 Å². The molecule has 0 aliphatic heterocycles. The lowest BCUT2D eigenvalue weighted by molar-refractivity contribution is -0.220. The number of esters is 1. The van der Waals surface area contributed by atoms with Crippen molar-refractivity contribution in [1.29, 1.82) is 0 Å². The molecule has 0 spiro atoms. The maximum atomic E-state index is 12.9. The van der Waals surface area contributed by atoms with E-state index in [9.17, 15) is 39.8 Å². The number of aliphatic hydroxyl groups excluding tert-OH is 5. The second-order valence-corrected chi connectivity index (χ2v) is 20.1. The molecule has 13 heteroatoms. The van der Waals surface area contributed by atoms with Crippen molar-refractivity contribution in [3.05, 3.63) is 24.3 Å². The minimum atomic E-state index is -5.02. The zero-order valence-electron chi connectivity index (χ0n) is 41.3. The molecule has 0 bridgehead atoms. The Bertz CT molecular complexity index is 1170. The minimum Gasteiger partial charge on any atom is -0.457 e. The highest BCUT2D eigenvalue weighted by molar-refractivity contribution is 7.47. The Morgan fingerprint density at radius 3 is 1.32 bits per heavy atom. The van der Waals surface area contributed by atoms with Crippen molar-refractivity contribution >= 4 is 13.8 Å². The highest BCUT2D eigenvalue weighted by Gasteiger charge is 2.51. The van der Waals surface area contributed by atoms with Crippen molar-refractivity contribution in [2.24, 2.45) is 0 Å². The Labute approximate surface area is 396 Å². The first-order chi connectivity index (χ1) is 31.5. The van der Waals surface area contributed by atoms with Gasteiger partial charge in [-0.1, -0.05) is 212 Å². The van der Waals surface area contributed by atoms with Gasteiger partial charge in [-0.15, -0.1) is 0 Å². The normalized spacial score (nSPS) is 21.7. The third-order valence-corrected chi connectivity index (χ3v) is 13.6. The van der Waals surface area contributed by atoms with Crippen molar-refractivity contribution in [3.63, 3.8) is 0 Å². The van der Waals surface area contributed by atoms with Crippen LogP contribution < -0.4 is 0 Å². The van der Waals surface area contributed by atoms with Gasteiger partial charge in [0.15, 0.2) is 0 Å². The van der Waals surface area contributed by atoms with Gasteiger partial charge in [-0.3, -0.25) is 13.8 Å². The van der Waals surface area contributed by atoms with Gasteiger partial charge in [-0.25, -0.2) is 4.57 Å². The second kappa shape index (κ2) is 42.9. The summed E-state index contributed by atoms with van der Waals surface area (Å²) in [4.78, 5) is 23.3. The van der Waals surface area contributed by atoms with Crippen LogP contribution in [0, 0.1) is 0 Å². The minimum absolute atomic E-state index is 0.0735. The summed E-state index contributed by atoms with van der Waals surface area (Å²) in [5, 5.41) is 50.3. The van der Waals surface area contributed by atoms with Crippen molar-refractivity contribution in [3.8, 4) is 0 Å². The van der Waals surface area contributed by atoms with Crippen LogP contribution in [0.5, 0.6) is 0 Å². The van der Waals surface area contributed by atoms with Gasteiger partial charge >= 0.3 is 13.8 Å². The maximum absolute atomic E-state index is 12.9. The van der Waals surface area contributed by atoms with Crippen LogP contribution >= 0.6 is 7.82 Å². The largest absolute Gasteiger partial charge is 0.472 e. The van der Waals surface area contributed by atoms with E-state index in [1.54, 1.807) is 0 Å². The molecule has 1 aliphatic carbocycles. The number of hydrogen-bond acceptors (Lipinski definition) is 11. The Morgan fingerprint density at radius 1 is 0.492 bits per heavy atom. The number of carbonyl (C=O) groups excluding carboxylic acids is 1. The fourth-order valence-electron chi connectivity index (χ4n) is 8.33. The summed E-state index contributed by atoms with van der Waals surface area (Å²) in [6.45, 7) is 4.28. The summed E-state index contributed by atoms with van der Waals surface area (Å²) in [7, 11) is -5.02. The number of carbonyl (C=O) groups is 1. The van der Waals surface area contributed by atoms with Crippen LogP contribution in [0.1, 0.15) is 239 Å². The van der Waals surface area contributed by atoms with E-state index in [-0.39, 0.29) is 13.0 Å². The van der Waals surface area contributed by atoms with Gasteiger partial charge in [0, 0.05) is 13.0 Å². The van der Waals surface area contributed by atoms with Crippen LogP contribution in [-0.4, -0.2) is 98.9 Å². The summed E-state index contributed by atoms with van der Waals surface area (Å²) in [6, 6.07) is 0. The number of allylic oxidation sites excluding steroid dienone is 4. The van der Waals surface area contributed by atoms with Crippen LogP contribution in [0.4, 0.5) is 0 Å². The van der Waals surface area contributed by atoms with Crippen LogP contribution in [0.25, 0.3) is 0 Å². The van der Waals surface area contributed by atoms with Gasteiger partial charge in [0.25, 0.3) is 0 Å². The predicted molar refractivity (Wildman–Crippen MR) is 263 cm³/mol. The number of rotatable bonds is 46. The van der Waals surface area contributed by atoms with E-state index in [1.165, 1.54) is 161 Å². The SMILES string of the molecule is CCCCC/C=C\C/C=C\CCCCCCCCCCCC(=O)OC(COCCCCCCCCCCCCCCCCCCCCC)COP(=O)(O)OC1C(O)C(O)C(O)C(O)C1O. The van der Waals surface area contributed by atoms with E-state index in [1.807, 2.05) is 0 Å². The van der Waals surface area contributed by atoms with E-state index >= 15 is 0 Å². The molecule has 0 saturated heterocycles. The van der Waals surface area contributed by atoms with E-state index < -0.39 is 63.1 Å². The first-order valence-electron chi connectivity index (χ1n) is 26.7. The zero-order chi connectivity index (χ0) is 47.6. The first-order valence-corrected chi connectivity index (χ1v) is 28.2. The van der Waals surface area contributed by atoms with Gasteiger partial charge < -0.3 is 39.9 Å². The molecule has 6 atom stereocenters. The molecule has 1 saturated carbocycles. The summed E-state index contributed by atoms with van der Waals surface area (Å²) in [6.07, 6.45) is 38.1. The van der Waals surface area contributed by atoms with Crippen LogP contribution in [-0.2, 0) is 27.9 Å². The average molecular weight is 947 g/mol. The molecular weight excluding hydrogens is 848 g/mol. The highest BCUT2D eigenvalue weighted by atomic mass is 31.2. The molecule has 0 aromatic rings. The van der Waals surface area contributed by atoms with Gasteiger partial charge in [-0.2, -0.15) is 0 Å². The van der Waals surface area contributed by atoms with Crippen molar-refractivity contribution in [2.75, 3.05) is 19.8 Å². The van der Waals surface area contributed by atoms with Gasteiger partial charge in [0.05, 0.1) is 13.2 Å². The molecular formula is C52H99O12P. The Kier molecular flexibility index (Phi) is 40.8. The standard InChI is InChI=1S/C52H99O12P/c1-3-5-7-9-11-13-15-17-19-21-23-25-27-29-31-33-35-37-39-41-46(53)63-45(44-62-65(59,60)64-52-50(57)48(55)47(54)49(56)51(52)58)43-61-42-40-38-36-34-32-30-28-26-24-22-20-18-16-14-12-10-8-6-4-2/h11,13,17,19,45,47-52,54-58H,3-10,12,14-16,18,20-44H2,1-2H3,(H,59,60)/b13-11-,19-17-. The Hall–Kier alpha value is -1.18. The van der Waals surface area contributed by atoms with Crippen molar-refractivity contribution in [1.82, 2.24) is 0 Å². The smallest absolute Gasteiger partial charge is 0.457 e. The number of phosphoric acid groups is 1. The zero-order valence-corrected chi connectivity index (χ0v) is 42.2. The van der Waals surface area contributed by atoms with Gasteiger partial charge in [0.2, 0.25) is 0 Å². The molecule has 6 N–H and O–H groups in total. The quantitative estimate of drug-likeness (QED) is 0.0147. The van der Waals surface area contributed by atoms with E-state index in [4.69, 9.17) is 18.5 Å². The van der Waals surface area contributed by atoms with Crippen LogP contribution in [0.3, 0.4) is 0 Å². The molecule has 0 heterocycles. The molecule has 65 heavy (non-hydrogen) atoms. The molecule has 0 aromatic heterocycles. The molecule has 0 amide bonds. The lowest BCUT2D eigenvalue weighted by Gasteiger charge is -2.41. The number of aliphatic hydroxyl groups is 5. The lowest BCUT2D eigenvalue weighted by atomic mass is 9.85. The third kappa shape index (κ3) is 34.7. The third-order valence-electron chi connectivity index (χ3n) is 12.6. The van der Waals surface area contributed by atoms with Crippen LogP contribution in [0.2, 0.25) is 0 Å². The topological polar surface area (TPSA) is 192 Å². The van der Waals surface area contributed by atoms with Crippen LogP contribution in [0.15, 0.2) is 24.3 Å². The van der Waals surface area contributed by atoms with Crippen molar-refractivity contribution < 1.29 is 58.3 Å². The van der Waals surface area contributed by atoms with Gasteiger partial charge in [-0.05, 0) is 44.9 Å². The molecule has 0 aromatic carbocycles. The summed E-state index contributed by atoms with van der Waals surface area (Å²) in [5.41, 5.74) is 0. The molecule has 1 aliphatic rings. The first kappa shape index (κ1) is 61.8. The highest BCUT2D eigenvalue weighted by Crippen LogP contribution is 2.47. The lowest BCUT2D eigenvalue weighted by Crippen LogP contribution is -2.64. The average Bonchev–Trinajstić information content (AvgIpc) is 3.29. The number of phosphoric ester groups is 1. The van der Waals surface area contributed by atoms with Crippen molar-refractivity contribution in [2.45, 2.75) is 281 Å². The molecule has 0 radical (unpaired) electrons. The Balaban J connectivity index is 2.32. The molecule has 384 valence electrons. The molecule has 6 unspecified atom stereocenters. The maximum Gasteiger partial charge on any atom is 0.472 e. The molecule has 12 nitrogen and oxygen atoms in total. The summed E-state index contributed by atoms with van der Waals surface area (Å²) >= 11 is 0. The number of hydrogen-bond donors (Lipinski definition) is 6. The fourth-order valence-corrected chi connectivity index (χ4v) is 9.30. The molecule has 1 fully saturated rings. The monoisotopic (exact) mass is 947 g/mol.